The van der Waals surface area contributed by atoms with Crippen molar-refractivity contribution >= 4 is 60.4 Å². The fraction of sp³-hybridized carbons (Fsp3) is 0.255. The predicted molar refractivity (Wildman–Crippen MR) is 224 cm³/mol. The van der Waals surface area contributed by atoms with E-state index in [2.05, 4.69) is 148 Å². The average Bonchev–Trinajstić information content (AvgIpc) is 3.47. The number of likely N-dealkylation sites (N-methyl/N-ethyl adjacent to an activating group) is 1. The number of aryl methyl sites for hydroxylation is 1. The molecule has 0 atom stereocenters. The van der Waals surface area contributed by atoms with Crippen LogP contribution in [0.1, 0.15) is 63.6 Å². The number of nitrogens with zero attached hydrogens (tertiary/aromatic N) is 2. The van der Waals surface area contributed by atoms with Gasteiger partial charge in [0.15, 0.2) is 5.71 Å². The lowest BCUT2D eigenvalue weighted by Crippen LogP contribution is -2.26. The van der Waals surface area contributed by atoms with Crippen molar-refractivity contribution in [2.45, 2.75) is 69.6 Å². The average molecular weight is 755 g/mol. The molecule has 2 aliphatic heterocycles. The Labute approximate surface area is 325 Å². The molecule has 8 rings (SSSR count). The highest BCUT2D eigenvalue weighted by Crippen LogP contribution is 2.50. The third-order valence-corrected chi connectivity index (χ3v) is 12.8. The zero-order valence-electron chi connectivity index (χ0n) is 32.1. The summed E-state index contributed by atoms with van der Waals surface area (Å²) in [5, 5.41) is 6.08. The summed E-state index contributed by atoms with van der Waals surface area (Å²) in [5.74, 6) is 0. The van der Waals surface area contributed by atoms with Crippen LogP contribution < -0.4 is 4.90 Å². The highest BCUT2D eigenvalue weighted by Gasteiger charge is 2.44. The number of halogens is 1. The first-order valence-electron chi connectivity index (χ1n) is 18.5. The summed E-state index contributed by atoms with van der Waals surface area (Å²) < 4.78 is 33.5. The maximum absolute atomic E-state index is 10.4. The van der Waals surface area contributed by atoms with E-state index in [1.807, 2.05) is 6.92 Å². The quantitative estimate of drug-likeness (QED) is 0.135. The van der Waals surface area contributed by atoms with Crippen molar-refractivity contribution in [2.75, 3.05) is 19.0 Å². The SMILES string of the molecule is CN1C(=CC=C2CCCC(C=CC3=[N+](C)c4c(ccc5ccccc45)C3(C)C)=C2Cl)C(C)(C)c2ccc3ccccc3c21.Cc1ccc(S(=O)(=O)[O-])cc1. The van der Waals surface area contributed by atoms with Crippen molar-refractivity contribution in [3.8, 4) is 0 Å². The van der Waals surface area contributed by atoms with Crippen LogP contribution in [-0.2, 0) is 20.9 Å². The third-order valence-electron chi connectivity index (χ3n) is 11.5. The Bertz CT molecular complexity index is 2590. The summed E-state index contributed by atoms with van der Waals surface area (Å²) in [6.45, 7) is 11.2. The van der Waals surface area contributed by atoms with Gasteiger partial charge in [0, 0.05) is 40.2 Å². The molecule has 0 fully saturated rings. The molecule has 5 aromatic rings. The van der Waals surface area contributed by atoms with E-state index in [9.17, 15) is 13.0 Å². The van der Waals surface area contributed by atoms with E-state index in [-0.39, 0.29) is 15.7 Å². The minimum atomic E-state index is -4.27. The van der Waals surface area contributed by atoms with Crippen LogP contribution in [-0.4, -0.2) is 37.4 Å². The summed E-state index contributed by atoms with van der Waals surface area (Å²) >= 11 is 7.16. The van der Waals surface area contributed by atoms with E-state index in [4.69, 9.17) is 11.6 Å². The maximum atomic E-state index is 10.4. The number of hydrogen-bond acceptors (Lipinski definition) is 4. The van der Waals surface area contributed by atoms with Gasteiger partial charge in [0.2, 0.25) is 5.69 Å². The van der Waals surface area contributed by atoms with Gasteiger partial charge in [-0.3, -0.25) is 0 Å². The van der Waals surface area contributed by atoms with Gasteiger partial charge in [-0.1, -0.05) is 122 Å². The van der Waals surface area contributed by atoms with Gasteiger partial charge in [-0.25, -0.2) is 8.42 Å². The van der Waals surface area contributed by atoms with Gasteiger partial charge >= 0.3 is 0 Å². The molecule has 2 heterocycles. The Morgan fingerprint density at radius 2 is 1.37 bits per heavy atom. The highest BCUT2D eigenvalue weighted by atomic mass is 35.5. The van der Waals surface area contributed by atoms with E-state index in [0.29, 0.717) is 0 Å². The zero-order valence-corrected chi connectivity index (χ0v) is 33.6. The van der Waals surface area contributed by atoms with Crippen LogP contribution in [0.3, 0.4) is 0 Å². The van der Waals surface area contributed by atoms with Gasteiger partial charge in [0.25, 0.3) is 0 Å². The van der Waals surface area contributed by atoms with Crippen LogP contribution in [0.15, 0.2) is 148 Å². The normalized spacial score (nSPS) is 19.2. The van der Waals surface area contributed by atoms with Crippen molar-refractivity contribution in [3.05, 3.63) is 160 Å². The molecule has 0 aromatic heterocycles. The summed E-state index contributed by atoms with van der Waals surface area (Å²) in [6, 6.07) is 32.3. The first kappa shape index (κ1) is 37.6. The topological polar surface area (TPSA) is 63.5 Å². The van der Waals surface area contributed by atoms with Crippen molar-refractivity contribution < 1.29 is 17.5 Å². The molecule has 0 unspecified atom stereocenters. The van der Waals surface area contributed by atoms with Crippen LogP contribution in [0.25, 0.3) is 21.5 Å². The van der Waals surface area contributed by atoms with Gasteiger partial charge in [-0.15, -0.1) is 0 Å². The molecule has 0 N–H and O–H groups in total. The molecular formula is C47H47ClN2O3S. The van der Waals surface area contributed by atoms with E-state index in [1.54, 1.807) is 12.1 Å². The van der Waals surface area contributed by atoms with Gasteiger partial charge in [-0.05, 0) is 91.8 Å². The van der Waals surface area contributed by atoms with E-state index >= 15 is 0 Å². The minimum Gasteiger partial charge on any atom is -0.744 e. The predicted octanol–water partition coefficient (Wildman–Crippen LogP) is 11.4. The van der Waals surface area contributed by atoms with Gasteiger partial charge in [0.1, 0.15) is 17.2 Å². The molecule has 5 nitrogen and oxygen atoms in total. The lowest BCUT2D eigenvalue weighted by atomic mass is 9.80. The van der Waals surface area contributed by atoms with Crippen LogP contribution in [0.5, 0.6) is 0 Å². The second-order valence-corrected chi connectivity index (χ2v) is 17.4. The standard InChI is InChI=1S/C40H40ClN2.C7H8O3S/c1-39(2)32-22-18-26-12-7-9-16-30(26)37(32)42(5)34(39)24-20-28-14-11-15-29(36(28)41)21-25-35-40(3,4)33-23-19-27-13-8-10-17-31(27)38(33)43(35)6;1-6-2-4-7(5-3-6)11(8,9)10/h7-10,12-13,16-25H,11,14-15H2,1-6H3;2-5H,1H3,(H,8,9,10)/q+1;/p-1. The van der Waals surface area contributed by atoms with Gasteiger partial charge in [-0.2, -0.15) is 4.58 Å². The zero-order chi connectivity index (χ0) is 38.6. The Kier molecular flexibility index (Phi) is 9.84. The monoisotopic (exact) mass is 754 g/mol. The van der Waals surface area contributed by atoms with E-state index < -0.39 is 10.1 Å². The van der Waals surface area contributed by atoms with Crippen LogP contribution >= 0.6 is 11.6 Å². The molecule has 0 bridgehead atoms. The fourth-order valence-electron chi connectivity index (χ4n) is 8.51. The van der Waals surface area contributed by atoms with Crippen molar-refractivity contribution in [1.29, 1.82) is 0 Å². The Hall–Kier alpha value is -4.75. The van der Waals surface area contributed by atoms with Gasteiger partial charge in [0.05, 0.1) is 21.4 Å². The first-order chi connectivity index (χ1) is 25.6. The van der Waals surface area contributed by atoms with Crippen LogP contribution in [0.4, 0.5) is 11.4 Å². The fourth-order valence-corrected chi connectivity index (χ4v) is 9.29. The molecule has 276 valence electrons. The molecule has 0 spiro atoms. The second kappa shape index (κ2) is 14.2. The van der Waals surface area contributed by atoms with E-state index in [0.717, 1.165) is 29.9 Å². The molecule has 0 radical (unpaired) electrons. The summed E-state index contributed by atoms with van der Waals surface area (Å²) in [7, 11) is 0.137. The largest absolute Gasteiger partial charge is 0.744 e. The van der Waals surface area contributed by atoms with Gasteiger partial charge < -0.3 is 9.45 Å². The number of benzene rings is 5. The number of allylic oxidation sites excluding steroid dienone is 8. The molecule has 0 amide bonds. The molecule has 1 aliphatic carbocycles. The van der Waals surface area contributed by atoms with E-state index in [1.165, 1.54) is 78.7 Å². The lowest BCUT2D eigenvalue weighted by molar-refractivity contribution is -0.399. The minimum absolute atomic E-state index is 0.0901. The van der Waals surface area contributed by atoms with Crippen LogP contribution in [0, 0.1) is 6.92 Å². The number of anilines is 1. The molecule has 3 aliphatic rings. The molecule has 0 saturated carbocycles. The Balaban J connectivity index is 0.000000353. The van der Waals surface area contributed by atoms with Crippen molar-refractivity contribution in [1.82, 2.24) is 0 Å². The molecule has 0 saturated heterocycles. The molecule has 54 heavy (non-hydrogen) atoms. The maximum Gasteiger partial charge on any atom is 0.217 e. The third kappa shape index (κ3) is 6.65. The Morgan fingerprint density at radius 1 is 0.759 bits per heavy atom. The van der Waals surface area contributed by atoms with Crippen LogP contribution in [0.2, 0.25) is 0 Å². The molecular weight excluding hydrogens is 708 g/mol. The summed E-state index contributed by atoms with van der Waals surface area (Å²) in [5.41, 5.74) is 11.2. The smallest absolute Gasteiger partial charge is 0.217 e. The number of fused-ring (bicyclic) bond motifs is 6. The molecule has 5 aromatic carbocycles. The summed E-state index contributed by atoms with van der Waals surface area (Å²) in [4.78, 5) is 2.20. The summed E-state index contributed by atoms with van der Waals surface area (Å²) in [6.07, 6.45) is 12.3. The molecule has 7 heteroatoms. The number of hydrogen-bond donors (Lipinski definition) is 0. The highest BCUT2D eigenvalue weighted by molar-refractivity contribution is 7.85. The Morgan fingerprint density at radius 3 is 2.04 bits per heavy atom. The first-order valence-corrected chi connectivity index (χ1v) is 20.3. The van der Waals surface area contributed by atoms with Crippen molar-refractivity contribution in [3.63, 3.8) is 0 Å². The second-order valence-electron chi connectivity index (χ2n) is 15.7. The number of rotatable bonds is 4. The van der Waals surface area contributed by atoms with Crippen molar-refractivity contribution in [2.24, 2.45) is 0 Å². The lowest BCUT2D eigenvalue weighted by Gasteiger charge is -2.24.